The Hall–Kier alpha value is -6.25. The molecule has 6 heterocycles. The van der Waals surface area contributed by atoms with Gasteiger partial charge in [0, 0.05) is 62.3 Å². The van der Waals surface area contributed by atoms with Crippen LogP contribution in [0.25, 0.3) is 22.8 Å². The SMILES string of the molecule is CC(c1cnc(-c2cnc(-c3cc(C(=O)NCc4nc(C(C)(C)C(F)(F)F)n[nH]4)on3)nc2)c(F)c1)N1CC2(CC(c3cc(F)c(N4CCC(=O)NC4=O)c(F)c3)C2)C1. The van der Waals surface area contributed by atoms with Crippen molar-refractivity contribution in [3.05, 3.63) is 88.8 Å². The Morgan fingerprint density at radius 2 is 1.69 bits per heavy atom. The van der Waals surface area contributed by atoms with E-state index in [9.17, 15) is 27.6 Å². The number of pyridine rings is 1. The van der Waals surface area contributed by atoms with Gasteiger partial charge in [0.05, 0.1) is 6.54 Å². The number of aromatic amines is 1. The zero-order valence-electron chi connectivity index (χ0n) is 31.6. The van der Waals surface area contributed by atoms with Gasteiger partial charge in [0.25, 0.3) is 5.91 Å². The Kier molecular flexibility index (Phi) is 9.75. The fourth-order valence-electron chi connectivity index (χ4n) is 7.63. The van der Waals surface area contributed by atoms with Crippen molar-refractivity contribution in [3.63, 3.8) is 0 Å². The van der Waals surface area contributed by atoms with Gasteiger partial charge < -0.3 is 9.84 Å². The van der Waals surface area contributed by atoms with Gasteiger partial charge in [-0.25, -0.2) is 32.9 Å². The van der Waals surface area contributed by atoms with E-state index in [0.29, 0.717) is 24.2 Å². The maximum absolute atomic E-state index is 15.5. The number of nitrogens with one attached hydrogen (secondary N) is 3. The number of hydrogen-bond donors (Lipinski definition) is 3. The molecule has 21 heteroatoms. The number of likely N-dealkylation sites (tertiary alicyclic amines) is 1. The number of anilines is 1. The van der Waals surface area contributed by atoms with Gasteiger partial charge in [0.2, 0.25) is 11.7 Å². The van der Waals surface area contributed by atoms with E-state index in [2.05, 4.69) is 50.8 Å². The van der Waals surface area contributed by atoms with Gasteiger partial charge in [-0.2, -0.15) is 18.3 Å². The lowest BCUT2D eigenvalue weighted by atomic mass is 9.56. The summed E-state index contributed by atoms with van der Waals surface area (Å²) in [5, 5.41) is 14.3. The van der Waals surface area contributed by atoms with Crippen molar-refractivity contribution in [2.75, 3.05) is 24.5 Å². The second-order valence-electron chi connectivity index (χ2n) is 15.7. The summed E-state index contributed by atoms with van der Waals surface area (Å²) in [6, 6.07) is 4.16. The van der Waals surface area contributed by atoms with Gasteiger partial charge >= 0.3 is 12.2 Å². The van der Waals surface area contributed by atoms with Crippen LogP contribution < -0.4 is 15.5 Å². The number of imide groups is 1. The summed E-state index contributed by atoms with van der Waals surface area (Å²) < 4.78 is 90.6. The van der Waals surface area contributed by atoms with Gasteiger partial charge in [-0.1, -0.05) is 5.16 Å². The summed E-state index contributed by atoms with van der Waals surface area (Å²) in [6.45, 7) is 4.88. The highest BCUT2D eigenvalue weighted by Gasteiger charge is 2.54. The van der Waals surface area contributed by atoms with E-state index < -0.39 is 58.4 Å². The Morgan fingerprint density at radius 1 is 1.00 bits per heavy atom. The first-order valence-corrected chi connectivity index (χ1v) is 18.5. The van der Waals surface area contributed by atoms with E-state index in [-0.39, 0.29) is 71.2 Å². The molecule has 2 aliphatic heterocycles. The molecule has 3 N–H and O–H groups in total. The molecule has 1 unspecified atom stereocenters. The minimum Gasteiger partial charge on any atom is -0.350 e. The average molecular weight is 824 g/mol. The lowest BCUT2D eigenvalue weighted by molar-refractivity contribution is -0.182. The minimum absolute atomic E-state index is 0.00233. The highest BCUT2D eigenvalue weighted by molar-refractivity contribution is 6.05. The van der Waals surface area contributed by atoms with E-state index in [1.165, 1.54) is 36.7 Å². The molecule has 1 atom stereocenters. The Labute approximate surface area is 331 Å². The van der Waals surface area contributed by atoms with Crippen LogP contribution in [0.4, 0.5) is 36.8 Å². The molecule has 1 saturated carbocycles. The van der Waals surface area contributed by atoms with Gasteiger partial charge in [-0.15, -0.1) is 0 Å². The quantitative estimate of drug-likeness (QED) is 0.143. The summed E-state index contributed by atoms with van der Waals surface area (Å²) >= 11 is 0. The molecule has 8 rings (SSSR count). The van der Waals surface area contributed by atoms with Gasteiger partial charge in [0.15, 0.2) is 17.3 Å². The molecular formula is C38H35F6N11O4. The fourth-order valence-corrected chi connectivity index (χ4v) is 7.63. The third-order valence-corrected chi connectivity index (χ3v) is 11.3. The van der Waals surface area contributed by atoms with Crippen LogP contribution in [0.5, 0.6) is 0 Å². The van der Waals surface area contributed by atoms with Crippen LogP contribution in [0.15, 0.2) is 47.4 Å². The first-order valence-electron chi connectivity index (χ1n) is 18.5. The molecule has 2 saturated heterocycles. The highest BCUT2D eigenvalue weighted by Crippen LogP contribution is 2.58. The van der Waals surface area contributed by atoms with Crippen molar-refractivity contribution in [2.24, 2.45) is 5.41 Å². The molecule has 3 aliphatic rings. The number of H-pyrrole nitrogens is 1. The molecule has 1 aromatic carbocycles. The first kappa shape index (κ1) is 39.6. The number of alkyl halides is 3. The van der Waals surface area contributed by atoms with Gasteiger partial charge in [0.1, 0.15) is 40.1 Å². The van der Waals surface area contributed by atoms with Crippen LogP contribution in [0.1, 0.15) is 85.3 Å². The van der Waals surface area contributed by atoms with Crippen LogP contribution in [0.2, 0.25) is 0 Å². The third-order valence-electron chi connectivity index (χ3n) is 11.3. The Morgan fingerprint density at radius 3 is 2.34 bits per heavy atom. The zero-order chi connectivity index (χ0) is 42.0. The van der Waals surface area contributed by atoms with Crippen molar-refractivity contribution in [3.8, 4) is 22.8 Å². The second-order valence-corrected chi connectivity index (χ2v) is 15.7. The minimum atomic E-state index is -4.58. The number of amides is 4. The number of nitrogens with zero attached hydrogens (tertiary/aromatic N) is 8. The molecule has 3 fully saturated rings. The van der Waals surface area contributed by atoms with Crippen molar-refractivity contribution >= 4 is 23.5 Å². The van der Waals surface area contributed by atoms with E-state index in [4.69, 9.17) is 4.52 Å². The molecular weight excluding hydrogens is 788 g/mol. The summed E-state index contributed by atoms with van der Waals surface area (Å²) in [5.41, 5.74) is -1.24. The average Bonchev–Trinajstić information content (AvgIpc) is 3.84. The molecule has 308 valence electrons. The lowest BCUT2D eigenvalue weighted by Gasteiger charge is -2.61. The number of urea groups is 1. The smallest absolute Gasteiger partial charge is 0.350 e. The van der Waals surface area contributed by atoms with E-state index in [0.717, 1.165) is 31.6 Å². The Bertz CT molecular complexity index is 2430. The lowest BCUT2D eigenvalue weighted by Crippen LogP contribution is -2.61. The molecule has 0 bridgehead atoms. The van der Waals surface area contributed by atoms with Crippen molar-refractivity contribution in [1.82, 2.24) is 50.8 Å². The highest BCUT2D eigenvalue weighted by atomic mass is 19.4. The van der Waals surface area contributed by atoms with E-state index in [1.54, 1.807) is 6.20 Å². The summed E-state index contributed by atoms with van der Waals surface area (Å²) in [4.78, 5) is 55.9. The van der Waals surface area contributed by atoms with Gasteiger partial charge in [-0.05, 0) is 74.3 Å². The fraction of sp³-hybridized carbons (Fsp3) is 0.395. The van der Waals surface area contributed by atoms with Crippen molar-refractivity contribution < 1.29 is 45.2 Å². The molecule has 5 aromatic rings. The molecule has 59 heavy (non-hydrogen) atoms. The van der Waals surface area contributed by atoms with Crippen LogP contribution in [-0.4, -0.2) is 83.8 Å². The largest absolute Gasteiger partial charge is 0.401 e. The number of benzene rings is 1. The molecule has 4 amide bonds. The topological polar surface area (TPSA) is 188 Å². The summed E-state index contributed by atoms with van der Waals surface area (Å²) in [6.07, 6.45) is 1.08. The predicted octanol–water partition coefficient (Wildman–Crippen LogP) is 5.89. The first-order chi connectivity index (χ1) is 27.9. The third kappa shape index (κ3) is 7.38. The summed E-state index contributed by atoms with van der Waals surface area (Å²) in [7, 11) is 0. The van der Waals surface area contributed by atoms with Crippen LogP contribution in [0, 0.1) is 22.9 Å². The number of carbonyl (C=O) groups excluding carboxylic acids is 3. The standard InChI is InChI=1S/C38H35F6N11O4/c1-18(54-16-37(17-54)10-21(11-37)19-6-24(40)31(25(41)7-19)55-5-4-29(56)50-35(55)58)20-8-23(39)30(45-12-20)22-13-46-32(47-14-22)26-9-27(59-53-26)33(57)48-15-28-49-34(52-51-28)36(2,3)38(42,43)44/h6-9,12-14,18,21H,4-5,10-11,15-17H2,1-3H3,(H,48,57)(H,49,51,52)(H,50,56,58). The number of rotatable bonds is 10. The van der Waals surface area contributed by atoms with E-state index >= 15 is 13.2 Å². The van der Waals surface area contributed by atoms with Crippen LogP contribution >= 0.6 is 0 Å². The number of hydrogen-bond acceptors (Lipinski definition) is 11. The monoisotopic (exact) mass is 823 g/mol. The Balaban J connectivity index is 0.837. The number of halogens is 6. The summed E-state index contributed by atoms with van der Waals surface area (Å²) in [5.74, 6) is -4.24. The predicted molar refractivity (Wildman–Crippen MR) is 194 cm³/mol. The zero-order valence-corrected chi connectivity index (χ0v) is 31.6. The molecule has 15 nitrogen and oxygen atoms in total. The maximum Gasteiger partial charge on any atom is 0.401 e. The van der Waals surface area contributed by atoms with Crippen LogP contribution in [-0.2, 0) is 16.8 Å². The van der Waals surface area contributed by atoms with Crippen molar-refractivity contribution in [1.29, 1.82) is 0 Å². The normalized spacial score (nSPS) is 17.7. The maximum atomic E-state index is 15.5. The van der Waals surface area contributed by atoms with Crippen LogP contribution in [0.3, 0.4) is 0 Å². The van der Waals surface area contributed by atoms with E-state index in [1.807, 2.05) is 6.92 Å². The van der Waals surface area contributed by atoms with Crippen molar-refractivity contribution in [2.45, 2.75) is 70.1 Å². The molecule has 1 spiro atoms. The second kappa shape index (κ2) is 14.5. The van der Waals surface area contributed by atoms with Gasteiger partial charge in [-0.3, -0.25) is 34.8 Å². The molecule has 1 aliphatic carbocycles. The molecule has 0 radical (unpaired) electrons. The number of aromatic nitrogens is 7. The number of carbonyl (C=O) groups is 3. The molecule has 4 aromatic heterocycles.